The fraction of sp³-hybridized carbons (Fsp3) is 0.238. The predicted molar refractivity (Wildman–Crippen MR) is 139 cm³/mol. The van der Waals surface area contributed by atoms with Crippen molar-refractivity contribution in [3.05, 3.63) is 66.8 Å². The molecule has 0 spiro atoms. The van der Waals surface area contributed by atoms with Crippen molar-refractivity contribution in [3.63, 3.8) is 0 Å². The standard InChI is InChI=1S/C21H18Cl5N5O2S/c1-3-31-19(10(2)27-20(33)11-4-5-13(23)14(24)6-11)29-30-21(31)34-9-17(32)28-18-15(25)7-12(22)8-16(18)26/h4-8,10H,3,9H2,1-2H3,(H,27,33)(H,28,32)/t10-/m0/s1. The second-order valence-electron chi connectivity index (χ2n) is 6.99. The van der Waals surface area contributed by atoms with Crippen LogP contribution in [0.15, 0.2) is 35.5 Å². The van der Waals surface area contributed by atoms with Gasteiger partial charge in [-0.15, -0.1) is 10.2 Å². The molecule has 7 nitrogen and oxygen atoms in total. The van der Waals surface area contributed by atoms with Crippen molar-refractivity contribution in [1.29, 1.82) is 0 Å². The molecule has 34 heavy (non-hydrogen) atoms. The molecule has 1 aromatic heterocycles. The molecule has 0 aliphatic rings. The van der Waals surface area contributed by atoms with Crippen LogP contribution in [0.5, 0.6) is 0 Å². The van der Waals surface area contributed by atoms with E-state index in [2.05, 4.69) is 20.8 Å². The first-order chi connectivity index (χ1) is 16.1. The highest BCUT2D eigenvalue weighted by Gasteiger charge is 2.21. The quantitative estimate of drug-likeness (QED) is 0.286. The van der Waals surface area contributed by atoms with Crippen LogP contribution >= 0.6 is 69.8 Å². The van der Waals surface area contributed by atoms with Crippen LogP contribution in [-0.2, 0) is 11.3 Å². The minimum absolute atomic E-state index is 0.0391. The van der Waals surface area contributed by atoms with Gasteiger partial charge < -0.3 is 15.2 Å². The van der Waals surface area contributed by atoms with Gasteiger partial charge >= 0.3 is 0 Å². The molecule has 0 saturated heterocycles. The van der Waals surface area contributed by atoms with Gasteiger partial charge in [-0.3, -0.25) is 9.59 Å². The monoisotopic (exact) mass is 579 g/mol. The van der Waals surface area contributed by atoms with E-state index in [-0.39, 0.29) is 38.3 Å². The molecule has 0 aliphatic carbocycles. The summed E-state index contributed by atoms with van der Waals surface area (Å²) in [4.78, 5) is 25.1. The van der Waals surface area contributed by atoms with Gasteiger partial charge in [0.05, 0.1) is 37.6 Å². The minimum atomic E-state index is -0.454. The number of rotatable bonds is 8. The summed E-state index contributed by atoms with van der Waals surface area (Å²) >= 11 is 31.2. The first-order valence-corrected chi connectivity index (χ1v) is 12.7. The largest absolute Gasteiger partial charge is 0.342 e. The molecular formula is C21H18Cl5N5O2S. The van der Waals surface area contributed by atoms with Crippen LogP contribution in [-0.4, -0.2) is 32.3 Å². The highest BCUT2D eigenvalue weighted by molar-refractivity contribution is 7.99. The lowest BCUT2D eigenvalue weighted by Gasteiger charge is -2.15. The van der Waals surface area contributed by atoms with Crippen LogP contribution in [0, 0.1) is 0 Å². The number of halogens is 5. The third-order valence-corrected chi connectivity index (χ3v) is 7.10. The Balaban J connectivity index is 1.66. The Bertz CT molecular complexity index is 1210. The fourth-order valence-corrected chi connectivity index (χ4v) is 4.99. The van der Waals surface area contributed by atoms with Crippen molar-refractivity contribution in [2.45, 2.75) is 31.6 Å². The molecule has 0 saturated carbocycles. The third kappa shape index (κ3) is 6.50. The molecule has 3 aromatic rings. The second kappa shape index (κ2) is 11.8. The van der Waals surface area contributed by atoms with E-state index < -0.39 is 6.04 Å². The van der Waals surface area contributed by atoms with E-state index in [1.165, 1.54) is 30.0 Å². The van der Waals surface area contributed by atoms with Crippen molar-refractivity contribution in [2.24, 2.45) is 0 Å². The Hall–Kier alpha value is -1.68. The summed E-state index contributed by atoms with van der Waals surface area (Å²) in [5.74, 6) is -0.0776. The van der Waals surface area contributed by atoms with Gasteiger partial charge in [0.2, 0.25) is 5.91 Å². The number of nitrogens with zero attached hydrogens (tertiary/aromatic N) is 3. The van der Waals surface area contributed by atoms with E-state index in [4.69, 9.17) is 58.0 Å². The number of thioether (sulfide) groups is 1. The normalized spacial score (nSPS) is 11.9. The van der Waals surface area contributed by atoms with Gasteiger partial charge in [0.15, 0.2) is 11.0 Å². The summed E-state index contributed by atoms with van der Waals surface area (Å²) in [7, 11) is 0. The van der Waals surface area contributed by atoms with Crippen molar-refractivity contribution < 1.29 is 9.59 Å². The molecule has 0 aliphatic heterocycles. The number of hydrogen-bond donors (Lipinski definition) is 2. The minimum Gasteiger partial charge on any atom is -0.342 e. The smallest absolute Gasteiger partial charge is 0.251 e. The Morgan fingerprint density at radius 2 is 1.68 bits per heavy atom. The zero-order chi connectivity index (χ0) is 25.0. The van der Waals surface area contributed by atoms with Crippen LogP contribution in [0.25, 0.3) is 0 Å². The maximum absolute atomic E-state index is 12.6. The maximum Gasteiger partial charge on any atom is 0.251 e. The van der Waals surface area contributed by atoms with Gasteiger partial charge in [0.25, 0.3) is 5.91 Å². The van der Waals surface area contributed by atoms with Gasteiger partial charge in [-0.1, -0.05) is 69.8 Å². The van der Waals surface area contributed by atoms with Gasteiger partial charge in [0.1, 0.15) is 0 Å². The van der Waals surface area contributed by atoms with E-state index in [1.807, 2.05) is 11.5 Å². The van der Waals surface area contributed by atoms with Crippen molar-refractivity contribution in [3.8, 4) is 0 Å². The number of carbonyl (C=O) groups is 2. The van der Waals surface area contributed by atoms with Gasteiger partial charge in [-0.2, -0.15) is 0 Å². The number of amides is 2. The van der Waals surface area contributed by atoms with E-state index >= 15 is 0 Å². The molecule has 1 heterocycles. The van der Waals surface area contributed by atoms with Gasteiger partial charge in [0, 0.05) is 17.1 Å². The summed E-state index contributed by atoms with van der Waals surface area (Å²) in [6.45, 7) is 4.24. The average Bonchev–Trinajstić information content (AvgIpc) is 3.19. The summed E-state index contributed by atoms with van der Waals surface area (Å²) in [5.41, 5.74) is 0.657. The topological polar surface area (TPSA) is 88.9 Å². The summed E-state index contributed by atoms with van der Waals surface area (Å²) < 4.78 is 1.82. The van der Waals surface area contributed by atoms with Crippen LogP contribution in [0.1, 0.15) is 36.1 Å². The lowest BCUT2D eigenvalue weighted by Crippen LogP contribution is -2.28. The predicted octanol–water partition coefficient (Wildman–Crippen LogP) is 6.79. The first kappa shape index (κ1) is 26.9. The number of anilines is 1. The summed E-state index contributed by atoms with van der Waals surface area (Å²) in [6.07, 6.45) is 0. The number of aromatic nitrogens is 3. The number of hydrogen-bond acceptors (Lipinski definition) is 5. The molecule has 0 fully saturated rings. The number of nitrogens with one attached hydrogen (secondary N) is 2. The Morgan fingerprint density at radius 3 is 2.29 bits per heavy atom. The highest BCUT2D eigenvalue weighted by atomic mass is 35.5. The van der Waals surface area contributed by atoms with Crippen molar-refractivity contribution in [1.82, 2.24) is 20.1 Å². The molecule has 0 radical (unpaired) electrons. The summed E-state index contributed by atoms with van der Waals surface area (Å²) in [5, 5.41) is 16.0. The summed E-state index contributed by atoms with van der Waals surface area (Å²) in [6, 6.07) is 7.17. The molecule has 180 valence electrons. The average molecular weight is 582 g/mol. The van der Waals surface area contributed by atoms with Crippen LogP contribution < -0.4 is 10.6 Å². The molecule has 0 unspecified atom stereocenters. The van der Waals surface area contributed by atoms with E-state index in [0.29, 0.717) is 33.1 Å². The Kier molecular flexibility index (Phi) is 9.37. The zero-order valence-corrected chi connectivity index (χ0v) is 22.4. The number of carbonyl (C=O) groups excluding carboxylic acids is 2. The SMILES string of the molecule is CCn1c(SCC(=O)Nc2c(Cl)cc(Cl)cc2Cl)nnc1[C@H](C)NC(=O)c1ccc(Cl)c(Cl)c1. The molecule has 2 N–H and O–H groups in total. The van der Waals surface area contributed by atoms with E-state index in [0.717, 1.165) is 0 Å². The maximum atomic E-state index is 12.6. The molecule has 13 heteroatoms. The van der Waals surface area contributed by atoms with E-state index in [9.17, 15) is 9.59 Å². The fourth-order valence-electron chi connectivity index (χ4n) is 2.97. The highest BCUT2D eigenvalue weighted by Crippen LogP contribution is 2.34. The molecule has 3 rings (SSSR count). The van der Waals surface area contributed by atoms with E-state index in [1.54, 1.807) is 19.1 Å². The van der Waals surface area contributed by atoms with Gasteiger partial charge in [-0.25, -0.2) is 0 Å². The molecule has 2 aromatic carbocycles. The Morgan fingerprint density at radius 1 is 1.00 bits per heavy atom. The number of benzene rings is 2. The molecular weight excluding hydrogens is 564 g/mol. The molecule has 1 atom stereocenters. The second-order valence-corrected chi connectivity index (χ2v) is 10.00. The lowest BCUT2D eigenvalue weighted by atomic mass is 10.2. The van der Waals surface area contributed by atoms with Gasteiger partial charge in [-0.05, 0) is 44.2 Å². The van der Waals surface area contributed by atoms with Crippen molar-refractivity contribution >= 4 is 87.3 Å². The molecule has 2 amide bonds. The van der Waals surface area contributed by atoms with Crippen molar-refractivity contribution in [2.75, 3.05) is 11.1 Å². The third-order valence-electron chi connectivity index (χ3n) is 4.58. The van der Waals surface area contributed by atoms with Crippen LogP contribution in [0.4, 0.5) is 5.69 Å². The Labute approximate surface area is 225 Å². The zero-order valence-electron chi connectivity index (χ0n) is 17.8. The van der Waals surface area contributed by atoms with Crippen LogP contribution in [0.2, 0.25) is 25.1 Å². The lowest BCUT2D eigenvalue weighted by molar-refractivity contribution is -0.113. The molecule has 0 bridgehead atoms. The van der Waals surface area contributed by atoms with Crippen LogP contribution in [0.3, 0.4) is 0 Å². The first-order valence-electron chi connectivity index (χ1n) is 9.86.